The van der Waals surface area contributed by atoms with Crippen LogP contribution >= 0.6 is 0 Å². The molecule has 0 bridgehead atoms. The van der Waals surface area contributed by atoms with E-state index < -0.39 is 29.9 Å². The second-order valence-electron chi connectivity index (χ2n) is 9.60. The molecule has 0 saturated heterocycles. The number of carbonyl (C=O) groups excluding carboxylic acids is 2. The summed E-state index contributed by atoms with van der Waals surface area (Å²) >= 11 is 0. The summed E-state index contributed by atoms with van der Waals surface area (Å²) in [6.07, 6.45) is 4.69. The Bertz CT molecular complexity index is 1020. The first kappa shape index (κ1) is 24.8. The van der Waals surface area contributed by atoms with Gasteiger partial charge in [0.1, 0.15) is 12.6 Å². The predicted octanol–water partition coefficient (Wildman–Crippen LogP) is 4.70. The number of hydrogen-bond donors (Lipinski definition) is 3. The van der Waals surface area contributed by atoms with Crippen LogP contribution in [0.5, 0.6) is 0 Å². The quantitative estimate of drug-likeness (QED) is 0.459. The minimum atomic E-state index is -0.894. The lowest BCUT2D eigenvalue weighted by Gasteiger charge is -2.21. The molecule has 0 aromatic heterocycles. The average Bonchev–Trinajstić information content (AvgIpc) is 3.49. The molecule has 3 N–H and O–H groups in total. The SMILES string of the molecule is CCC(NC(=O)OCC1c2ccccc2-c2ccccc21)C(=O)NCC(CC1CCCC1)C(=O)O. The number of rotatable bonds is 10. The number of nitrogens with one attached hydrogen (secondary N) is 2. The van der Waals surface area contributed by atoms with E-state index in [9.17, 15) is 19.5 Å². The van der Waals surface area contributed by atoms with Crippen molar-refractivity contribution in [2.75, 3.05) is 13.2 Å². The Hall–Kier alpha value is -3.35. The number of hydrogen-bond acceptors (Lipinski definition) is 4. The number of fused-ring (bicyclic) bond motifs is 3. The molecule has 2 aromatic rings. The first-order chi connectivity index (χ1) is 17.0. The molecule has 7 heteroatoms. The molecule has 7 nitrogen and oxygen atoms in total. The summed E-state index contributed by atoms with van der Waals surface area (Å²) in [6.45, 7) is 2.02. The fourth-order valence-corrected chi connectivity index (χ4v) is 5.40. The fourth-order valence-electron chi connectivity index (χ4n) is 5.40. The number of carbonyl (C=O) groups is 3. The van der Waals surface area contributed by atoms with Gasteiger partial charge in [-0.15, -0.1) is 0 Å². The first-order valence-corrected chi connectivity index (χ1v) is 12.6. The van der Waals surface area contributed by atoms with Crippen LogP contribution in [0.15, 0.2) is 48.5 Å². The van der Waals surface area contributed by atoms with Crippen molar-refractivity contribution in [3.8, 4) is 11.1 Å². The third-order valence-corrected chi connectivity index (χ3v) is 7.33. The summed E-state index contributed by atoms with van der Waals surface area (Å²) in [6, 6.07) is 15.4. The molecule has 1 fully saturated rings. The highest BCUT2D eigenvalue weighted by Gasteiger charge is 2.30. The fraction of sp³-hybridized carbons (Fsp3) is 0.464. The number of alkyl carbamates (subject to hydrolysis) is 1. The normalized spacial score (nSPS) is 16.7. The van der Waals surface area contributed by atoms with Crippen molar-refractivity contribution in [3.05, 3.63) is 59.7 Å². The molecule has 2 unspecified atom stereocenters. The summed E-state index contributed by atoms with van der Waals surface area (Å²) < 4.78 is 5.55. The molecule has 0 spiro atoms. The Kier molecular flexibility index (Phi) is 8.06. The summed E-state index contributed by atoms with van der Waals surface area (Å²) in [7, 11) is 0. The van der Waals surface area contributed by atoms with Gasteiger partial charge in [-0.25, -0.2) is 4.79 Å². The Balaban J connectivity index is 1.30. The Morgan fingerprint density at radius 3 is 2.17 bits per heavy atom. The van der Waals surface area contributed by atoms with Gasteiger partial charge in [0.25, 0.3) is 0 Å². The van der Waals surface area contributed by atoms with Gasteiger partial charge in [0.2, 0.25) is 5.91 Å². The van der Waals surface area contributed by atoms with Crippen molar-refractivity contribution < 1.29 is 24.2 Å². The standard InChI is InChI=1S/C28H34N2O5/c1-2-25(26(31)29-16-19(27(32)33)15-18-9-3-4-10-18)30-28(34)35-17-24-22-13-7-5-11-20(22)21-12-6-8-14-23(21)24/h5-8,11-14,18-19,24-25H,2-4,9-10,15-17H2,1H3,(H,29,31)(H,30,34)(H,32,33). The lowest BCUT2D eigenvalue weighted by molar-refractivity contribution is -0.142. The molecule has 35 heavy (non-hydrogen) atoms. The van der Waals surface area contributed by atoms with E-state index in [1.165, 1.54) is 0 Å². The molecule has 2 aliphatic rings. The Morgan fingerprint density at radius 1 is 1.00 bits per heavy atom. The van der Waals surface area contributed by atoms with Crippen LogP contribution in [0.3, 0.4) is 0 Å². The molecular formula is C28H34N2O5. The number of amides is 2. The van der Waals surface area contributed by atoms with Crippen LogP contribution in [-0.4, -0.2) is 42.3 Å². The van der Waals surface area contributed by atoms with Crippen LogP contribution in [0.2, 0.25) is 0 Å². The van der Waals surface area contributed by atoms with Crippen LogP contribution in [0.4, 0.5) is 4.79 Å². The first-order valence-electron chi connectivity index (χ1n) is 12.6. The Labute approximate surface area is 206 Å². The topological polar surface area (TPSA) is 105 Å². The maximum Gasteiger partial charge on any atom is 0.407 e. The average molecular weight is 479 g/mol. The van der Waals surface area contributed by atoms with Gasteiger partial charge in [0.15, 0.2) is 0 Å². The van der Waals surface area contributed by atoms with Crippen molar-refractivity contribution in [3.63, 3.8) is 0 Å². The highest BCUT2D eigenvalue weighted by molar-refractivity contribution is 5.86. The third-order valence-electron chi connectivity index (χ3n) is 7.33. The maximum absolute atomic E-state index is 12.7. The zero-order valence-corrected chi connectivity index (χ0v) is 20.2. The van der Waals surface area contributed by atoms with E-state index in [1.807, 2.05) is 36.4 Å². The van der Waals surface area contributed by atoms with E-state index in [0.717, 1.165) is 47.9 Å². The number of aliphatic carboxylic acids is 1. The molecule has 186 valence electrons. The predicted molar refractivity (Wildman–Crippen MR) is 133 cm³/mol. The van der Waals surface area contributed by atoms with Gasteiger partial charge in [-0.3, -0.25) is 9.59 Å². The molecule has 0 heterocycles. The van der Waals surface area contributed by atoms with E-state index in [0.29, 0.717) is 18.8 Å². The van der Waals surface area contributed by atoms with Crippen LogP contribution in [0.1, 0.15) is 62.5 Å². The smallest absolute Gasteiger partial charge is 0.407 e. The minimum Gasteiger partial charge on any atom is -0.481 e. The van der Waals surface area contributed by atoms with Gasteiger partial charge in [0.05, 0.1) is 5.92 Å². The van der Waals surface area contributed by atoms with Gasteiger partial charge in [-0.1, -0.05) is 81.1 Å². The molecule has 2 aliphatic carbocycles. The van der Waals surface area contributed by atoms with Crippen molar-refractivity contribution in [2.24, 2.45) is 11.8 Å². The van der Waals surface area contributed by atoms with E-state index >= 15 is 0 Å². The maximum atomic E-state index is 12.7. The minimum absolute atomic E-state index is 0.0611. The van der Waals surface area contributed by atoms with Gasteiger partial charge in [-0.2, -0.15) is 0 Å². The van der Waals surface area contributed by atoms with E-state index in [2.05, 4.69) is 22.8 Å². The lowest BCUT2D eigenvalue weighted by Crippen LogP contribution is -2.48. The van der Waals surface area contributed by atoms with Crippen molar-refractivity contribution in [2.45, 2.75) is 57.4 Å². The molecule has 0 radical (unpaired) electrons. The van der Waals surface area contributed by atoms with Crippen molar-refractivity contribution in [1.29, 1.82) is 0 Å². The molecule has 0 aliphatic heterocycles. The number of carboxylic acids is 1. The highest BCUT2D eigenvalue weighted by Crippen LogP contribution is 2.44. The van der Waals surface area contributed by atoms with Crippen LogP contribution < -0.4 is 10.6 Å². The van der Waals surface area contributed by atoms with Crippen LogP contribution in [-0.2, 0) is 14.3 Å². The summed E-state index contributed by atoms with van der Waals surface area (Å²) in [5.41, 5.74) is 4.53. The van der Waals surface area contributed by atoms with Crippen molar-refractivity contribution in [1.82, 2.24) is 10.6 Å². The second kappa shape index (κ2) is 11.4. The molecule has 2 amide bonds. The monoisotopic (exact) mass is 478 g/mol. The van der Waals surface area contributed by atoms with Crippen LogP contribution in [0.25, 0.3) is 11.1 Å². The van der Waals surface area contributed by atoms with Gasteiger partial charge in [-0.05, 0) is 41.0 Å². The summed E-state index contributed by atoms with van der Waals surface area (Å²) in [4.78, 5) is 36.9. The lowest BCUT2D eigenvalue weighted by atomic mass is 9.93. The van der Waals surface area contributed by atoms with E-state index in [4.69, 9.17) is 4.74 Å². The van der Waals surface area contributed by atoms with E-state index in [-0.39, 0.29) is 19.1 Å². The largest absolute Gasteiger partial charge is 0.481 e. The molecule has 1 saturated carbocycles. The highest BCUT2D eigenvalue weighted by atomic mass is 16.5. The van der Waals surface area contributed by atoms with Gasteiger partial charge in [0, 0.05) is 12.5 Å². The number of ether oxygens (including phenoxy) is 1. The molecule has 4 rings (SSSR count). The summed E-state index contributed by atoms with van der Waals surface area (Å²) in [5, 5.41) is 14.9. The van der Waals surface area contributed by atoms with Crippen LogP contribution in [0, 0.1) is 11.8 Å². The molecule has 2 aromatic carbocycles. The van der Waals surface area contributed by atoms with E-state index in [1.54, 1.807) is 6.92 Å². The number of carboxylic acid groups (broad SMARTS) is 1. The molecule has 2 atom stereocenters. The Morgan fingerprint density at radius 2 is 1.60 bits per heavy atom. The third kappa shape index (κ3) is 5.84. The number of benzene rings is 2. The van der Waals surface area contributed by atoms with Gasteiger partial charge < -0.3 is 20.5 Å². The summed E-state index contributed by atoms with van der Waals surface area (Å²) in [5.74, 6) is -1.55. The molecular weight excluding hydrogens is 444 g/mol. The van der Waals surface area contributed by atoms with Gasteiger partial charge >= 0.3 is 12.1 Å². The van der Waals surface area contributed by atoms with Crippen molar-refractivity contribution >= 4 is 18.0 Å². The second-order valence-corrected chi connectivity index (χ2v) is 9.60. The zero-order valence-electron chi connectivity index (χ0n) is 20.2. The zero-order chi connectivity index (χ0) is 24.8.